The minimum Gasteiger partial charge on any atom is -0.357 e. The molecule has 0 bridgehead atoms. The van der Waals surface area contributed by atoms with Crippen LogP contribution in [-0.4, -0.2) is 47.3 Å². The van der Waals surface area contributed by atoms with Crippen LogP contribution in [0.15, 0.2) is 18.5 Å². The number of anilines is 1. The van der Waals surface area contributed by atoms with Crippen LogP contribution >= 0.6 is 0 Å². The highest BCUT2D eigenvalue weighted by Gasteiger charge is 2.17. The van der Waals surface area contributed by atoms with E-state index in [1.165, 1.54) is 50.8 Å². The first-order valence-corrected chi connectivity index (χ1v) is 11.7. The maximum Gasteiger partial charge on any atom is 0.267 e. The maximum absolute atomic E-state index is 12.4. The second kappa shape index (κ2) is 13.1. The van der Waals surface area contributed by atoms with E-state index in [-0.39, 0.29) is 5.91 Å². The van der Waals surface area contributed by atoms with Crippen LogP contribution in [0.3, 0.4) is 0 Å². The first-order chi connectivity index (χ1) is 15.6. The Labute approximate surface area is 189 Å². The minimum atomic E-state index is -0.415. The highest BCUT2D eigenvalue weighted by Crippen LogP contribution is 2.22. The second-order valence-electron chi connectivity index (χ2n) is 8.51. The zero-order valence-electron chi connectivity index (χ0n) is 18.8. The number of carbonyl (C=O) groups is 2. The number of aromatic nitrogens is 2. The average molecular weight is 446 g/mol. The Morgan fingerprint density at radius 2 is 1.91 bits per heavy atom. The van der Waals surface area contributed by atoms with Crippen LogP contribution in [0.25, 0.3) is 6.08 Å². The van der Waals surface area contributed by atoms with Crippen LogP contribution in [0.4, 0.5) is 5.82 Å². The molecule has 2 fully saturated rings. The molecular formula is C23H35N5O4. The smallest absolute Gasteiger partial charge is 0.267 e. The molecule has 0 radical (unpaired) electrons. The quantitative estimate of drug-likeness (QED) is 0.304. The van der Waals surface area contributed by atoms with Crippen molar-refractivity contribution in [2.45, 2.75) is 77.0 Å². The molecule has 1 aliphatic carbocycles. The highest BCUT2D eigenvalue weighted by molar-refractivity contribution is 5.90. The molecule has 9 nitrogen and oxygen atoms in total. The van der Waals surface area contributed by atoms with Gasteiger partial charge in [-0.15, -0.1) is 0 Å². The van der Waals surface area contributed by atoms with E-state index in [2.05, 4.69) is 26.1 Å². The molecule has 1 aromatic rings. The Hall–Kier alpha value is -2.52. The molecule has 3 N–H and O–H groups in total. The van der Waals surface area contributed by atoms with Crippen molar-refractivity contribution in [2.24, 2.45) is 5.92 Å². The second-order valence-corrected chi connectivity index (χ2v) is 8.51. The third-order valence-corrected chi connectivity index (χ3v) is 5.80. The Bertz CT molecular complexity index is 741. The van der Waals surface area contributed by atoms with E-state index in [1.807, 2.05) is 0 Å². The van der Waals surface area contributed by atoms with Crippen molar-refractivity contribution < 1.29 is 19.2 Å². The summed E-state index contributed by atoms with van der Waals surface area (Å²) in [5.74, 6) is 0.638. The molecule has 2 atom stereocenters. The predicted octanol–water partition coefficient (Wildman–Crippen LogP) is 2.95. The summed E-state index contributed by atoms with van der Waals surface area (Å²) in [5.41, 5.74) is 2.87. The van der Waals surface area contributed by atoms with Gasteiger partial charge in [-0.2, -0.15) is 0 Å². The minimum absolute atomic E-state index is 0.0429. The Kier molecular flexibility index (Phi) is 9.90. The van der Waals surface area contributed by atoms with Crippen LogP contribution < -0.4 is 16.1 Å². The number of rotatable bonds is 9. The van der Waals surface area contributed by atoms with Crippen LogP contribution in [-0.2, 0) is 19.2 Å². The van der Waals surface area contributed by atoms with Gasteiger partial charge in [0.25, 0.3) is 5.91 Å². The lowest BCUT2D eigenvalue weighted by atomic mass is 10.0. The molecule has 32 heavy (non-hydrogen) atoms. The lowest BCUT2D eigenvalue weighted by Gasteiger charge is -2.21. The molecular weight excluding hydrogens is 410 g/mol. The summed E-state index contributed by atoms with van der Waals surface area (Å²) in [6, 6.07) is -0.415. The van der Waals surface area contributed by atoms with Gasteiger partial charge in [0.2, 0.25) is 5.91 Å². The summed E-state index contributed by atoms with van der Waals surface area (Å²) in [6.45, 7) is 3.18. The fraction of sp³-hybridized carbons (Fsp3) is 0.652. The van der Waals surface area contributed by atoms with Gasteiger partial charge in [0.1, 0.15) is 11.9 Å². The molecule has 9 heteroatoms. The van der Waals surface area contributed by atoms with E-state index in [1.54, 1.807) is 19.2 Å². The van der Waals surface area contributed by atoms with E-state index >= 15 is 0 Å². The number of ether oxygens (including phenoxy) is 1. The summed E-state index contributed by atoms with van der Waals surface area (Å²) in [7, 11) is 0. The van der Waals surface area contributed by atoms with Gasteiger partial charge in [0.15, 0.2) is 6.29 Å². The number of carbonyl (C=O) groups excluding carboxylic acids is 2. The Balaban J connectivity index is 1.37. The molecule has 1 saturated carbocycles. The standard InChI is InChI=1S/C23H35N5O4/c1-17(23(30)26-14-18-8-4-2-3-5-9-18)27-20-16-24-19(15-25-20)11-12-21(29)28-32-22-10-6-7-13-31-22/h11-12,15-18,22H,2-10,13-14H2,1H3,(H,25,27)(H,26,30)(H,28,29)/t17-,22?/m1/s1. The van der Waals surface area contributed by atoms with Crippen LogP contribution in [0, 0.1) is 5.92 Å². The molecule has 2 aliphatic rings. The van der Waals surface area contributed by atoms with Crippen molar-refractivity contribution in [3.63, 3.8) is 0 Å². The first kappa shape index (κ1) is 24.1. The number of hydrogen-bond donors (Lipinski definition) is 3. The number of nitrogens with one attached hydrogen (secondary N) is 3. The number of hydrogen-bond acceptors (Lipinski definition) is 7. The van der Waals surface area contributed by atoms with Gasteiger partial charge in [-0.05, 0) is 44.6 Å². The zero-order valence-corrected chi connectivity index (χ0v) is 18.8. The molecule has 2 amide bonds. The van der Waals surface area contributed by atoms with Gasteiger partial charge in [-0.1, -0.05) is 25.7 Å². The van der Waals surface area contributed by atoms with Gasteiger partial charge < -0.3 is 15.4 Å². The largest absolute Gasteiger partial charge is 0.357 e. The van der Waals surface area contributed by atoms with Crippen LogP contribution in [0.2, 0.25) is 0 Å². The van der Waals surface area contributed by atoms with Gasteiger partial charge in [0.05, 0.1) is 18.1 Å². The normalized spacial score (nSPS) is 21.0. The molecule has 1 aliphatic heterocycles. The van der Waals surface area contributed by atoms with Crippen molar-refractivity contribution in [2.75, 3.05) is 18.5 Å². The monoisotopic (exact) mass is 445 g/mol. The van der Waals surface area contributed by atoms with Gasteiger partial charge >= 0.3 is 0 Å². The summed E-state index contributed by atoms with van der Waals surface area (Å²) in [4.78, 5) is 38.0. The summed E-state index contributed by atoms with van der Waals surface area (Å²) in [6.07, 6.45) is 15.9. The molecule has 176 valence electrons. The highest BCUT2D eigenvalue weighted by atomic mass is 16.8. The van der Waals surface area contributed by atoms with Gasteiger partial charge in [0, 0.05) is 25.6 Å². The molecule has 1 aromatic heterocycles. The summed E-state index contributed by atoms with van der Waals surface area (Å²) < 4.78 is 5.38. The number of nitrogens with zero attached hydrogens (tertiary/aromatic N) is 2. The molecule has 1 unspecified atom stereocenters. The fourth-order valence-electron chi connectivity index (χ4n) is 3.88. The fourth-order valence-corrected chi connectivity index (χ4v) is 3.88. The topological polar surface area (TPSA) is 114 Å². The van der Waals surface area contributed by atoms with E-state index in [0.29, 0.717) is 24.0 Å². The van der Waals surface area contributed by atoms with E-state index in [9.17, 15) is 9.59 Å². The lowest BCUT2D eigenvalue weighted by Crippen LogP contribution is -2.40. The first-order valence-electron chi connectivity index (χ1n) is 11.7. The lowest BCUT2D eigenvalue weighted by molar-refractivity contribution is -0.198. The van der Waals surface area contributed by atoms with Gasteiger partial charge in [-0.3, -0.25) is 14.6 Å². The number of amides is 2. The van der Waals surface area contributed by atoms with E-state index < -0.39 is 18.2 Å². The number of hydroxylamine groups is 1. The van der Waals surface area contributed by atoms with Crippen molar-refractivity contribution in [3.05, 3.63) is 24.2 Å². The van der Waals surface area contributed by atoms with Crippen molar-refractivity contribution in [3.8, 4) is 0 Å². The third kappa shape index (κ3) is 8.55. The van der Waals surface area contributed by atoms with Crippen molar-refractivity contribution in [1.82, 2.24) is 20.8 Å². The molecule has 0 aromatic carbocycles. The molecule has 0 spiro atoms. The van der Waals surface area contributed by atoms with Crippen LogP contribution in [0.5, 0.6) is 0 Å². The predicted molar refractivity (Wildman–Crippen MR) is 121 cm³/mol. The maximum atomic E-state index is 12.4. The van der Waals surface area contributed by atoms with Crippen LogP contribution in [0.1, 0.15) is 70.4 Å². The summed E-state index contributed by atoms with van der Waals surface area (Å²) in [5, 5.41) is 6.12. The Morgan fingerprint density at radius 1 is 1.12 bits per heavy atom. The molecule has 3 rings (SSSR count). The third-order valence-electron chi connectivity index (χ3n) is 5.80. The summed E-state index contributed by atoms with van der Waals surface area (Å²) >= 11 is 0. The van der Waals surface area contributed by atoms with E-state index in [0.717, 1.165) is 25.8 Å². The Morgan fingerprint density at radius 3 is 2.59 bits per heavy atom. The zero-order chi connectivity index (χ0) is 22.6. The van der Waals surface area contributed by atoms with E-state index in [4.69, 9.17) is 9.57 Å². The SMILES string of the molecule is C[C@@H](Nc1cnc(C=CC(=O)NOC2CCCCO2)cn1)C(=O)NCC1CCCCCC1. The molecule has 1 saturated heterocycles. The average Bonchev–Trinajstić information content (AvgIpc) is 3.10. The van der Waals surface area contributed by atoms with Crippen molar-refractivity contribution in [1.29, 1.82) is 0 Å². The molecule has 2 heterocycles. The van der Waals surface area contributed by atoms with Crippen molar-refractivity contribution >= 4 is 23.7 Å². The van der Waals surface area contributed by atoms with Gasteiger partial charge in [-0.25, -0.2) is 15.3 Å².